The van der Waals surface area contributed by atoms with Crippen LogP contribution in [0.4, 0.5) is 0 Å². The summed E-state index contributed by atoms with van der Waals surface area (Å²) in [6.45, 7) is 4.10. The van der Waals surface area contributed by atoms with Crippen molar-refractivity contribution in [2.24, 2.45) is 0 Å². The summed E-state index contributed by atoms with van der Waals surface area (Å²) in [5.41, 5.74) is 3.02. The van der Waals surface area contributed by atoms with Gasteiger partial charge in [0.25, 0.3) is 0 Å². The summed E-state index contributed by atoms with van der Waals surface area (Å²) in [5.74, 6) is 0.352. The second kappa shape index (κ2) is 6.77. The molecule has 0 unspecified atom stereocenters. The van der Waals surface area contributed by atoms with Gasteiger partial charge >= 0.3 is 5.97 Å². The summed E-state index contributed by atoms with van der Waals surface area (Å²) in [7, 11) is 2.07. The normalized spacial score (nSPS) is 15.3. The summed E-state index contributed by atoms with van der Waals surface area (Å²) in [6.07, 6.45) is 4.82. The number of hydrogen-bond acceptors (Lipinski definition) is 4. The molecule has 0 radical (unpaired) electrons. The van der Waals surface area contributed by atoms with Crippen molar-refractivity contribution in [1.82, 2.24) is 4.90 Å². The lowest BCUT2D eigenvalue weighted by molar-refractivity contribution is -0.137. The molecule has 1 aromatic heterocycles. The first-order chi connectivity index (χ1) is 11.1. The predicted octanol–water partition coefficient (Wildman–Crippen LogP) is 4.04. The van der Waals surface area contributed by atoms with E-state index >= 15 is 0 Å². The number of carbonyl (C=O) groups excluding carboxylic acids is 1. The lowest BCUT2D eigenvalue weighted by atomic mass is 10.0. The Morgan fingerprint density at radius 3 is 3.04 bits per heavy atom. The van der Waals surface area contributed by atoms with Crippen LogP contribution in [0.3, 0.4) is 0 Å². The molecular weight excluding hydrogens is 314 g/mol. The van der Waals surface area contributed by atoms with Crippen LogP contribution in [0.25, 0.3) is 17.0 Å². The molecule has 1 aliphatic rings. The Kier molecular flexibility index (Phi) is 4.74. The van der Waals surface area contributed by atoms with Gasteiger partial charge in [0.05, 0.1) is 6.61 Å². The van der Waals surface area contributed by atoms with E-state index in [4.69, 9.17) is 20.8 Å². The van der Waals surface area contributed by atoms with Gasteiger partial charge in [-0.15, -0.1) is 0 Å². The molecule has 0 fully saturated rings. The number of nitrogens with zero attached hydrogens (tertiary/aromatic N) is 1. The van der Waals surface area contributed by atoms with Crippen LogP contribution in [0.1, 0.15) is 30.2 Å². The van der Waals surface area contributed by atoms with Gasteiger partial charge in [0.15, 0.2) is 0 Å². The second-order valence-electron chi connectivity index (χ2n) is 5.83. The second-order valence-corrected chi connectivity index (χ2v) is 6.24. The maximum Gasteiger partial charge on any atom is 0.330 e. The number of likely N-dealkylation sites (N-methyl/N-ethyl adjacent to an activating group) is 1. The number of carbonyl (C=O) groups is 1. The molecule has 0 saturated heterocycles. The topological polar surface area (TPSA) is 42.7 Å². The van der Waals surface area contributed by atoms with E-state index < -0.39 is 0 Å². The SMILES string of the molecule is CCCOC(=O)C=Cc1oc2ccc(Cl)c3c2c1CN(C)CC3. The number of esters is 1. The van der Waals surface area contributed by atoms with Gasteiger partial charge in [-0.2, -0.15) is 0 Å². The summed E-state index contributed by atoms with van der Waals surface area (Å²) >= 11 is 6.37. The van der Waals surface area contributed by atoms with Crippen LogP contribution < -0.4 is 0 Å². The zero-order valence-electron chi connectivity index (χ0n) is 13.4. The van der Waals surface area contributed by atoms with Crippen molar-refractivity contribution in [1.29, 1.82) is 0 Å². The molecule has 1 aliphatic heterocycles. The van der Waals surface area contributed by atoms with Crippen molar-refractivity contribution >= 4 is 34.6 Å². The Labute approximate surface area is 140 Å². The summed E-state index contributed by atoms with van der Waals surface area (Å²) < 4.78 is 11.0. The Morgan fingerprint density at radius 2 is 2.26 bits per heavy atom. The average molecular weight is 334 g/mol. The number of halogens is 1. The van der Waals surface area contributed by atoms with Crippen LogP contribution in [0, 0.1) is 0 Å². The molecule has 1 aromatic carbocycles. The molecular formula is C18H20ClNO3. The van der Waals surface area contributed by atoms with Crippen molar-refractivity contribution in [3.05, 3.63) is 40.1 Å². The van der Waals surface area contributed by atoms with Crippen LogP contribution in [0.15, 0.2) is 22.6 Å². The van der Waals surface area contributed by atoms with Crippen LogP contribution in [-0.4, -0.2) is 31.1 Å². The van der Waals surface area contributed by atoms with E-state index in [-0.39, 0.29) is 5.97 Å². The van der Waals surface area contributed by atoms with Gasteiger partial charge in [0.2, 0.25) is 0 Å². The van der Waals surface area contributed by atoms with E-state index in [0.29, 0.717) is 12.4 Å². The first-order valence-electron chi connectivity index (χ1n) is 7.86. The Morgan fingerprint density at radius 1 is 1.43 bits per heavy atom. The van der Waals surface area contributed by atoms with E-state index in [2.05, 4.69) is 11.9 Å². The Balaban J connectivity index is 2.01. The smallest absolute Gasteiger partial charge is 0.330 e. The van der Waals surface area contributed by atoms with Crippen molar-refractivity contribution in [2.45, 2.75) is 26.3 Å². The fraction of sp³-hybridized carbons (Fsp3) is 0.389. The molecule has 2 heterocycles. The van der Waals surface area contributed by atoms with Crippen LogP contribution in [-0.2, 0) is 22.5 Å². The molecule has 0 amide bonds. The first kappa shape index (κ1) is 16.1. The highest BCUT2D eigenvalue weighted by molar-refractivity contribution is 6.32. The molecule has 4 nitrogen and oxygen atoms in total. The number of furan rings is 1. The van der Waals surface area contributed by atoms with E-state index in [0.717, 1.165) is 53.0 Å². The fourth-order valence-electron chi connectivity index (χ4n) is 2.90. The molecule has 0 atom stereocenters. The summed E-state index contributed by atoms with van der Waals surface area (Å²) in [4.78, 5) is 13.9. The van der Waals surface area contributed by atoms with E-state index in [1.165, 1.54) is 6.08 Å². The molecule has 2 aromatic rings. The third-order valence-electron chi connectivity index (χ3n) is 4.03. The molecule has 23 heavy (non-hydrogen) atoms. The van der Waals surface area contributed by atoms with Crippen LogP contribution in [0.2, 0.25) is 5.02 Å². The molecule has 122 valence electrons. The molecule has 0 saturated carbocycles. The largest absolute Gasteiger partial charge is 0.463 e. The lowest BCUT2D eigenvalue weighted by Gasteiger charge is -2.12. The quantitative estimate of drug-likeness (QED) is 0.625. The summed E-state index contributed by atoms with van der Waals surface area (Å²) in [6, 6.07) is 3.77. The highest BCUT2D eigenvalue weighted by Gasteiger charge is 2.22. The van der Waals surface area contributed by atoms with E-state index in [1.807, 2.05) is 19.1 Å². The molecule has 3 rings (SSSR count). The summed E-state index contributed by atoms with van der Waals surface area (Å²) in [5, 5.41) is 1.86. The van der Waals surface area contributed by atoms with Crippen LogP contribution >= 0.6 is 11.6 Å². The van der Waals surface area contributed by atoms with Gasteiger partial charge in [0, 0.05) is 35.1 Å². The first-order valence-corrected chi connectivity index (χ1v) is 8.24. The van der Waals surface area contributed by atoms with Crippen molar-refractivity contribution in [3.63, 3.8) is 0 Å². The maximum atomic E-state index is 11.7. The van der Waals surface area contributed by atoms with Gasteiger partial charge in [-0.1, -0.05) is 18.5 Å². The monoisotopic (exact) mass is 333 g/mol. The van der Waals surface area contributed by atoms with E-state index in [1.54, 1.807) is 6.08 Å². The minimum Gasteiger partial charge on any atom is -0.463 e. The molecule has 0 N–H and O–H groups in total. The van der Waals surface area contributed by atoms with Gasteiger partial charge in [-0.05, 0) is 43.7 Å². The molecule has 0 aliphatic carbocycles. The Bertz CT molecular complexity index is 763. The zero-order valence-corrected chi connectivity index (χ0v) is 14.2. The Hall–Kier alpha value is -1.78. The third-order valence-corrected chi connectivity index (χ3v) is 4.38. The minimum atomic E-state index is -0.347. The molecule has 5 heteroatoms. The highest BCUT2D eigenvalue weighted by atomic mass is 35.5. The zero-order chi connectivity index (χ0) is 16.4. The number of ether oxygens (including phenoxy) is 1. The molecule has 0 bridgehead atoms. The van der Waals surface area contributed by atoms with Crippen molar-refractivity contribution in [3.8, 4) is 0 Å². The standard InChI is InChI=1S/C18H20ClNO3/c1-3-10-22-17(21)7-6-15-13-11-20(2)9-8-12-14(19)4-5-16(23-15)18(12)13/h4-7H,3,8-11H2,1-2H3. The van der Waals surface area contributed by atoms with Gasteiger partial charge in [0.1, 0.15) is 11.3 Å². The minimum absolute atomic E-state index is 0.347. The van der Waals surface area contributed by atoms with E-state index in [9.17, 15) is 4.79 Å². The highest BCUT2D eigenvalue weighted by Crippen LogP contribution is 2.36. The third kappa shape index (κ3) is 3.28. The van der Waals surface area contributed by atoms with Gasteiger partial charge in [-0.3, -0.25) is 0 Å². The fourth-order valence-corrected chi connectivity index (χ4v) is 3.15. The van der Waals surface area contributed by atoms with Crippen molar-refractivity contribution in [2.75, 3.05) is 20.2 Å². The maximum absolute atomic E-state index is 11.7. The molecule has 0 spiro atoms. The van der Waals surface area contributed by atoms with Gasteiger partial charge in [-0.25, -0.2) is 4.79 Å². The average Bonchev–Trinajstić information content (AvgIpc) is 2.77. The van der Waals surface area contributed by atoms with Crippen molar-refractivity contribution < 1.29 is 13.9 Å². The number of rotatable bonds is 4. The lowest BCUT2D eigenvalue weighted by Crippen LogP contribution is -2.18. The predicted molar refractivity (Wildman–Crippen MR) is 91.5 cm³/mol. The number of benzene rings is 1. The van der Waals surface area contributed by atoms with Crippen LogP contribution in [0.5, 0.6) is 0 Å². The van der Waals surface area contributed by atoms with Gasteiger partial charge < -0.3 is 14.1 Å². The number of hydrogen-bond donors (Lipinski definition) is 0.